The molecule has 0 N–H and O–H groups in total. The smallest absolute Gasteiger partial charge is 0.247 e. The molecule has 6 heterocycles. The van der Waals surface area contributed by atoms with Crippen LogP contribution in [0.25, 0.3) is 44.6 Å². The van der Waals surface area contributed by atoms with Crippen LogP contribution in [0, 0.1) is 0 Å². The zero-order valence-electron chi connectivity index (χ0n) is 20.3. The number of aromatic nitrogens is 8. The number of rotatable bonds is 4. The van der Waals surface area contributed by atoms with Crippen molar-refractivity contribution in [2.75, 3.05) is 12.5 Å². The van der Waals surface area contributed by atoms with Gasteiger partial charge in [0, 0.05) is 41.8 Å². The zero-order valence-corrected chi connectivity index (χ0v) is 21.9. The minimum Gasteiger partial charge on any atom is -0.255 e. The molecular weight excluding hydrogens is 532 g/mol. The molecule has 0 spiro atoms. The van der Waals surface area contributed by atoms with Crippen LogP contribution in [0.5, 0.6) is 0 Å². The Hall–Kier alpha value is -4.42. The van der Waals surface area contributed by atoms with E-state index in [0.29, 0.717) is 11.4 Å². The molecule has 0 atom stereocenters. The van der Waals surface area contributed by atoms with Gasteiger partial charge < -0.3 is 0 Å². The Bertz CT molecular complexity index is 1870. The van der Waals surface area contributed by atoms with Crippen molar-refractivity contribution in [3.8, 4) is 22.8 Å². The molecule has 0 aromatic carbocycles. The van der Waals surface area contributed by atoms with Crippen molar-refractivity contribution in [2.24, 2.45) is 0 Å². The van der Waals surface area contributed by atoms with Crippen molar-refractivity contribution in [3.63, 3.8) is 0 Å². The quantitative estimate of drug-likeness (QED) is 0.216. The van der Waals surface area contributed by atoms with Crippen LogP contribution in [-0.4, -0.2) is 60.8 Å². The molecule has 6 aromatic rings. The number of sulfone groups is 1. The lowest BCUT2D eigenvalue weighted by Gasteiger charge is -2.03. The van der Waals surface area contributed by atoms with Gasteiger partial charge in [0.25, 0.3) is 0 Å². The first-order chi connectivity index (χ1) is 18.4. The van der Waals surface area contributed by atoms with E-state index in [2.05, 4.69) is 39.9 Å². The van der Waals surface area contributed by atoms with Crippen molar-refractivity contribution in [1.82, 2.24) is 39.9 Å². The summed E-state index contributed by atoms with van der Waals surface area (Å²) in [7, 11) is -3.44. The summed E-state index contributed by atoms with van der Waals surface area (Å²) in [6.45, 7) is 0. The average Bonchev–Trinajstić information content (AvgIpc) is 2.96. The number of thioether (sulfide) groups is 1. The minimum absolute atomic E-state index is 0. The molecule has 0 saturated heterocycles. The largest absolute Gasteiger partial charge is 0.255 e. The van der Waals surface area contributed by atoms with Crippen LogP contribution in [0.3, 0.4) is 0 Å². The van der Waals surface area contributed by atoms with Gasteiger partial charge in [0.2, 0.25) is 15.0 Å². The van der Waals surface area contributed by atoms with Gasteiger partial charge in [-0.1, -0.05) is 31.3 Å². The number of hydrogen-bond acceptors (Lipinski definition) is 11. The standard InChI is InChI=1S/C13H10N4O2S.C13H10N4S.CH4/c1-20(18,19)13-15-6-4-10(17-13)11-7-9-3-2-5-14-12(9)8-16-11;1-18-13-15-6-4-10(17-13)11-7-9-3-2-5-14-12(9)8-16-11;/h2-8H,1H3;2-8H,1H3;1H4. The van der Waals surface area contributed by atoms with E-state index in [1.807, 2.05) is 48.7 Å². The summed E-state index contributed by atoms with van der Waals surface area (Å²) in [6.07, 6.45) is 13.0. The summed E-state index contributed by atoms with van der Waals surface area (Å²) in [6, 6.07) is 15.0. The van der Waals surface area contributed by atoms with Gasteiger partial charge in [0.05, 0.1) is 46.2 Å². The second-order valence-corrected chi connectivity index (χ2v) is 10.6. The van der Waals surface area contributed by atoms with Gasteiger partial charge in [0.15, 0.2) is 5.16 Å². The fourth-order valence-corrected chi connectivity index (χ4v) is 4.35. The van der Waals surface area contributed by atoms with Crippen molar-refractivity contribution in [2.45, 2.75) is 17.7 Å². The first-order valence-electron chi connectivity index (χ1n) is 11.2. The van der Waals surface area contributed by atoms with E-state index in [-0.39, 0.29) is 12.6 Å². The van der Waals surface area contributed by atoms with Gasteiger partial charge in [0.1, 0.15) is 0 Å². The van der Waals surface area contributed by atoms with E-state index >= 15 is 0 Å². The molecule has 0 aliphatic rings. The second-order valence-electron chi connectivity index (χ2n) is 7.96. The first kappa shape index (κ1) is 27.6. The third-order valence-electron chi connectivity index (χ3n) is 5.28. The molecule has 6 aromatic heterocycles. The van der Waals surface area contributed by atoms with Crippen molar-refractivity contribution in [3.05, 3.63) is 85.7 Å². The molecule has 39 heavy (non-hydrogen) atoms. The van der Waals surface area contributed by atoms with Gasteiger partial charge >= 0.3 is 0 Å². The molecule has 0 unspecified atom stereocenters. The Labute approximate surface area is 230 Å². The topological polar surface area (TPSA) is 137 Å². The average molecular weight is 557 g/mol. The molecule has 0 aliphatic heterocycles. The first-order valence-corrected chi connectivity index (χ1v) is 14.3. The Morgan fingerprint density at radius 2 is 1.18 bits per heavy atom. The molecule has 196 valence electrons. The molecule has 0 amide bonds. The van der Waals surface area contributed by atoms with Crippen LogP contribution < -0.4 is 0 Å². The molecule has 0 bridgehead atoms. The molecule has 0 saturated carbocycles. The lowest BCUT2D eigenvalue weighted by atomic mass is 10.2. The maximum absolute atomic E-state index is 11.5. The summed E-state index contributed by atoms with van der Waals surface area (Å²) in [5.41, 5.74) is 4.38. The molecule has 0 radical (unpaired) electrons. The van der Waals surface area contributed by atoms with E-state index in [9.17, 15) is 8.42 Å². The summed E-state index contributed by atoms with van der Waals surface area (Å²) in [5, 5.41) is 2.52. The van der Waals surface area contributed by atoms with Crippen LogP contribution in [0.1, 0.15) is 7.43 Å². The van der Waals surface area contributed by atoms with Crippen molar-refractivity contribution < 1.29 is 8.42 Å². The van der Waals surface area contributed by atoms with Gasteiger partial charge in [-0.05, 0) is 42.7 Å². The molecular formula is C27H24N8O2S2. The predicted octanol–water partition coefficient (Wildman–Crippen LogP) is 4.94. The summed E-state index contributed by atoms with van der Waals surface area (Å²) >= 11 is 1.52. The van der Waals surface area contributed by atoms with Gasteiger partial charge in [-0.15, -0.1) is 0 Å². The zero-order chi connectivity index (χ0) is 26.5. The summed E-state index contributed by atoms with van der Waals surface area (Å²) < 4.78 is 22.9. The number of pyridine rings is 4. The highest BCUT2D eigenvalue weighted by atomic mass is 32.2. The normalized spacial score (nSPS) is 10.9. The lowest BCUT2D eigenvalue weighted by molar-refractivity contribution is 0.593. The summed E-state index contributed by atoms with van der Waals surface area (Å²) in [4.78, 5) is 33.5. The molecule has 12 heteroatoms. The van der Waals surface area contributed by atoms with Gasteiger partial charge in [-0.25, -0.2) is 28.4 Å². The Balaban J connectivity index is 0.000000177. The van der Waals surface area contributed by atoms with E-state index in [4.69, 9.17) is 0 Å². The minimum atomic E-state index is -3.44. The second kappa shape index (κ2) is 12.0. The fraction of sp³-hybridized carbons (Fsp3) is 0.111. The molecule has 10 nitrogen and oxygen atoms in total. The third-order valence-corrected chi connectivity index (χ3v) is 6.71. The Kier molecular flexibility index (Phi) is 8.47. The molecule has 0 fully saturated rings. The Morgan fingerprint density at radius 1 is 0.641 bits per heavy atom. The van der Waals surface area contributed by atoms with E-state index in [0.717, 1.165) is 44.6 Å². The van der Waals surface area contributed by atoms with Crippen LogP contribution in [0.4, 0.5) is 0 Å². The number of nitrogens with zero attached hydrogens (tertiary/aromatic N) is 8. The van der Waals surface area contributed by atoms with Crippen molar-refractivity contribution >= 4 is 43.4 Å². The van der Waals surface area contributed by atoms with Crippen LogP contribution in [-0.2, 0) is 9.84 Å². The van der Waals surface area contributed by atoms with Crippen LogP contribution in [0.15, 0.2) is 96.0 Å². The van der Waals surface area contributed by atoms with E-state index in [1.165, 1.54) is 18.0 Å². The Morgan fingerprint density at radius 3 is 1.72 bits per heavy atom. The van der Waals surface area contributed by atoms with Crippen LogP contribution >= 0.6 is 11.8 Å². The lowest BCUT2D eigenvalue weighted by Crippen LogP contribution is -2.04. The maximum Gasteiger partial charge on any atom is 0.247 e. The molecule has 0 aliphatic carbocycles. The number of hydrogen-bond donors (Lipinski definition) is 0. The van der Waals surface area contributed by atoms with Gasteiger partial charge in [-0.2, -0.15) is 0 Å². The summed E-state index contributed by atoms with van der Waals surface area (Å²) in [5.74, 6) is 0. The predicted molar refractivity (Wildman–Crippen MR) is 153 cm³/mol. The monoisotopic (exact) mass is 556 g/mol. The van der Waals surface area contributed by atoms with Crippen LogP contribution in [0.2, 0.25) is 0 Å². The highest BCUT2D eigenvalue weighted by Gasteiger charge is 2.13. The van der Waals surface area contributed by atoms with Gasteiger partial charge in [-0.3, -0.25) is 19.9 Å². The van der Waals surface area contributed by atoms with E-state index in [1.54, 1.807) is 37.1 Å². The maximum atomic E-state index is 11.5. The fourth-order valence-electron chi connectivity index (χ4n) is 3.47. The third kappa shape index (κ3) is 6.54. The molecule has 6 rings (SSSR count). The number of fused-ring (bicyclic) bond motifs is 2. The van der Waals surface area contributed by atoms with Crippen molar-refractivity contribution in [1.29, 1.82) is 0 Å². The van der Waals surface area contributed by atoms with E-state index < -0.39 is 9.84 Å². The highest BCUT2D eigenvalue weighted by molar-refractivity contribution is 7.98. The highest BCUT2D eigenvalue weighted by Crippen LogP contribution is 2.21. The SMILES string of the molecule is C.CS(=O)(=O)c1nccc(-c2cc3cccnc3cn2)n1.CSc1nccc(-c2cc3cccnc3cn2)n1.